The summed E-state index contributed by atoms with van der Waals surface area (Å²) in [6, 6.07) is 3.63. The summed E-state index contributed by atoms with van der Waals surface area (Å²) in [4.78, 5) is 14.3. The van der Waals surface area contributed by atoms with Crippen molar-refractivity contribution in [3.8, 4) is 0 Å². The van der Waals surface area contributed by atoms with Crippen LogP contribution in [0.4, 0.5) is 5.88 Å². The molecule has 2 heterocycles. The van der Waals surface area contributed by atoms with E-state index in [-0.39, 0.29) is 11.8 Å². The molecular weight excluding hydrogens is 230 g/mol. The Labute approximate surface area is 108 Å². The van der Waals surface area contributed by atoms with Gasteiger partial charge in [-0.3, -0.25) is 10.1 Å². The van der Waals surface area contributed by atoms with Gasteiger partial charge in [-0.2, -0.15) is 0 Å². The zero-order valence-electron chi connectivity index (χ0n) is 11.0. The molecule has 1 amide bonds. The summed E-state index contributed by atoms with van der Waals surface area (Å²) < 4.78 is 5.34. The van der Waals surface area contributed by atoms with Crippen LogP contribution in [0.15, 0.2) is 16.5 Å². The molecule has 18 heavy (non-hydrogen) atoms. The Hall–Kier alpha value is -1.33. The van der Waals surface area contributed by atoms with E-state index in [1.165, 1.54) is 0 Å². The highest BCUT2D eigenvalue weighted by Crippen LogP contribution is 2.13. The molecule has 0 saturated carbocycles. The Morgan fingerprint density at radius 3 is 2.83 bits per heavy atom. The predicted molar refractivity (Wildman–Crippen MR) is 70.5 cm³/mol. The van der Waals surface area contributed by atoms with Crippen LogP contribution in [-0.4, -0.2) is 43.5 Å². The van der Waals surface area contributed by atoms with E-state index in [4.69, 9.17) is 4.42 Å². The second-order valence-corrected chi connectivity index (χ2v) is 4.85. The van der Waals surface area contributed by atoms with Crippen molar-refractivity contribution >= 4 is 11.8 Å². The number of hydrogen-bond acceptors (Lipinski definition) is 4. The van der Waals surface area contributed by atoms with Crippen LogP contribution in [0.25, 0.3) is 0 Å². The summed E-state index contributed by atoms with van der Waals surface area (Å²) in [6.45, 7) is 8.65. The fraction of sp³-hybridized carbons (Fsp3) is 0.615. The van der Waals surface area contributed by atoms with Gasteiger partial charge in [-0.05, 0) is 13.0 Å². The molecular formula is C13H21N3O2. The van der Waals surface area contributed by atoms with Crippen LogP contribution in [0.2, 0.25) is 0 Å². The molecule has 0 aliphatic carbocycles. The number of hydrogen-bond donors (Lipinski definition) is 2. The van der Waals surface area contributed by atoms with Gasteiger partial charge in [0.15, 0.2) is 5.88 Å². The number of furan rings is 1. The van der Waals surface area contributed by atoms with E-state index in [9.17, 15) is 4.79 Å². The Morgan fingerprint density at radius 1 is 1.50 bits per heavy atom. The van der Waals surface area contributed by atoms with Crippen LogP contribution < -0.4 is 10.6 Å². The maximum atomic E-state index is 12.0. The lowest BCUT2D eigenvalue weighted by atomic mass is 10.1. The monoisotopic (exact) mass is 251 g/mol. The zero-order valence-corrected chi connectivity index (χ0v) is 11.0. The minimum Gasteiger partial charge on any atom is -0.446 e. The molecule has 2 rings (SSSR count). The number of carbonyl (C=O) groups is 1. The van der Waals surface area contributed by atoms with Crippen molar-refractivity contribution in [1.29, 1.82) is 0 Å². The highest BCUT2D eigenvalue weighted by atomic mass is 16.4. The van der Waals surface area contributed by atoms with Crippen LogP contribution in [-0.2, 0) is 4.79 Å². The van der Waals surface area contributed by atoms with Gasteiger partial charge in [-0.1, -0.05) is 6.92 Å². The van der Waals surface area contributed by atoms with E-state index < -0.39 is 0 Å². The Bertz CT molecular complexity index is 397. The first kappa shape index (κ1) is 13.1. The maximum Gasteiger partial charge on any atom is 0.230 e. The first-order valence-corrected chi connectivity index (χ1v) is 6.45. The van der Waals surface area contributed by atoms with E-state index in [1.54, 1.807) is 6.07 Å². The summed E-state index contributed by atoms with van der Waals surface area (Å²) in [7, 11) is 0. The Morgan fingerprint density at radius 2 is 2.22 bits per heavy atom. The summed E-state index contributed by atoms with van der Waals surface area (Å²) in [5.74, 6) is 1.32. The Kier molecular flexibility index (Phi) is 4.38. The molecule has 5 nitrogen and oxygen atoms in total. The molecule has 1 atom stereocenters. The molecule has 1 aliphatic heterocycles. The highest BCUT2D eigenvalue weighted by Gasteiger charge is 2.19. The number of nitrogens with zero attached hydrogens (tertiary/aromatic N) is 1. The number of rotatable bonds is 4. The lowest BCUT2D eigenvalue weighted by Gasteiger charge is -2.29. The van der Waals surface area contributed by atoms with Gasteiger partial charge < -0.3 is 14.6 Å². The van der Waals surface area contributed by atoms with Gasteiger partial charge in [0, 0.05) is 44.7 Å². The average molecular weight is 251 g/mol. The first-order valence-electron chi connectivity index (χ1n) is 6.45. The zero-order chi connectivity index (χ0) is 13.0. The van der Waals surface area contributed by atoms with Gasteiger partial charge in [-0.15, -0.1) is 0 Å². The molecule has 0 bridgehead atoms. The highest BCUT2D eigenvalue weighted by molar-refractivity contribution is 5.91. The van der Waals surface area contributed by atoms with Crippen LogP contribution in [0, 0.1) is 12.8 Å². The predicted octanol–water partition coefficient (Wildman–Crippen LogP) is 1.07. The lowest BCUT2D eigenvalue weighted by molar-refractivity contribution is -0.120. The molecule has 5 heteroatoms. The van der Waals surface area contributed by atoms with E-state index in [0.29, 0.717) is 5.88 Å². The van der Waals surface area contributed by atoms with E-state index in [2.05, 4.69) is 15.5 Å². The normalized spacial score (nSPS) is 18.6. The van der Waals surface area contributed by atoms with Gasteiger partial charge in [0.2, 0.25) is 5.91 Å². The molecule has 1 aromatic heterocycles. The lowest BCUT2D eigenvalue weighted by Crippen LogP contribution is -2.46. The molecule has 1 aliphatic rings. The summed E-state index contributed by atoms with van der Waals surface area (Å²) in [5, 5.41) is 6.11. The summed E-state index contributed by atoms with van der Waals surface area (Å²) in [5.41, 5.74) is 0. The molecule has 0 spiro atoms. The molecule has 1 saturated heterocycles. The number of nitrogens with one attached hydrogen (secondary N) is 2. The third-order valence-corrected chi connectivity index (χ3v) is 3.18. The SMILES string of the molecule is Cc1ccc(NC(=O)C(C)CN2CCNCC2)o1. The topological polar surface area (TPSA) is 57.5 Å². The van der Waals surface area contributed by atoms with Crippen molar-refractivity contribution in [2.24, 2.45) is 5.92 Å². The summed E-state index contributed by atoms with van der Waals surface area (Å²) in [6.07, 6.45) is 0. The molecule has 0 radical (unpaired) electrons. The van der Waals surface area contributed by atoms with E-state index in [1.807, 2.05) is 19.9 Å². The molecule has 1 unspecified atom stereocenters. The molecule has 2 N–H and O–H groups in total. The van der Waals surface area contributed by atoms with Crippen LogP contribution in [0.5, 0.6) is 0 Å². The maximum absolute atomic E-state index is 12.0. The second-order valence-electron chi connectivity index (χ2n) is 4.85. The van der Waals surface area contributed by atoms with Crippen molar-refractivity contribution in [2.75, 3.05) is 38.0 Å². The van der Waals surface area contributed by atoms with Gasteiger partial charge >= 0.3 is 0 Å². The van der Waals surface area contributed by atoms with Crippen LogP contribution >= 0.6 is 0 Å². The van der Waals surface area contributed by atoms with Crippen molar-refractivity contribution < 1.29 is 9.21 Å². The smallest absolute Gasteiger partial charge is 0.230 e. The Balaban J connectivity index is 1.80. The van der Waals surface area contributed by atoms with Gasteiger partial charge in [0.1, 0.15) is 5.76 Å². The number of piperazine rings is 1. The van der Waals surface area contributed by atoms with Gasteiger partial charge in [-0.25, -0.2) is 0 Å². The summed E-state index contributed by atoms with van der Waals surface area (Å²) >= 11 is 0. The number of anilines is 1. The number of aryl methyl sites for hydroxylation is 1. The standard InChI is InChI=1S/C13H21N3O2/c1-10(9-16-7-5-14-6-8-16)13(17)15-12-4-3-11(2)18-12/h3-4,10,14H,5-9H2,1-2H3,(H,15,17). The van der Waals surface area contributed by atoms with E-state index >= 15 is 0 Å². The number of carbonyl (C=O) groups excluding carboxylic acids is 1. The van der Waals surface area contributed by atoms with Crippen molar-refractivity contribution in [2.45, 2.75) is 13.8 Å². The van der Waals surface area contributed by atoms with E-state index in [0.717, 1.165) is 38.5 Å². The quantitative estimate of drug-likeness (QED) is 0.840. The third kappa shape index (κ3) is 3.58. The third-order valence-electron chi connectivity index (χ3n) is 3.18. The van der Waals surface area contributed by atoms with Gasteiger partial charge in [0.25, 0.3) is 0 Å². The van der Waals surface area contributed by atoms with Crippen LogP contribution in [0.1, 0.15) is 12.7 Å². The fourth-order valence-corrected chi connectivity index (χ4v) is 2.11. The molecule has 0 aromatic carbocycles. The minimum atomic E-state index is -0.0338. The van der Waals surface area contributed by atoms with Crippen LogP contribution in [0.3, 0.4) is 0 Å². The van der Waals surface area contributed by atoms with Crippen molar-refractivity contribution in [3.05, 3.63) is 17.9 Å². The second kappa shape index (κ2) is 6.02. The minimum absolute atomic E-state index is 0.0166. The molecule has 100 valence electrons. The van der Waals surface area contributed by atoms with Gasteiger partial charge in [0.05, 0.1) is 0 Å². The molecule has 1 aromatic rings. The van der Waals surface area contributed by atoms with Crippen molar-refractivity contribution in [1.82, 2.24) is 10.2 Å². The fourth-order valence-electron chi connectivity index (χ4n) is 2.11. The average Bonchev–Trinajstić information content (AvgIpc) is 2.76. The first-order chi connectivity index (χ1) is 8.65. The largest absolute Gasteiger partial charge is 0.446 e. The number of amides is 1. The molecule has 1 fully saturated rings. The van der Waals surface area contributed by atoms with Crippen molar-refractivity contribution in [3.63, 3.8) is 0 Å².